The summed E-state index contributed by atoms with van der Waals surface area (Å²) in [5, 5.41) is 38.2. The highest BCUT2D eigenvalue weighted by Gasteiger charge is 3.08. The summed E-state index contributed by atoms with van der Waals surface area (Å²) in [6.07, 6.45) is -9.35. The number of aliphatic hydroxyl groups is 3. The van der Waals surface area contributed by atoms with Crippen molar-refractivity contribution in [3.63, 3.8) is 0 Å². The normalized spacial score (nSPS) is 45.7. The molecule has 352 valence electrons. The SMILES string of the molecule is COC(=O)C(O)[C@H]1[C@@]2(C)C[C@@]34O[C@]5(C)O[C@]6([C@@H]7/C(=C(\O)C(C)C)C(=O)O[C@@H](c8ccoc8)[C@]7(C)[C@@H](OC(=O)C(C)C)[C@@H](OC(C)=O)[C@]6(O5)[C@]13C)[C@H](OC(C)=O)[C@@]4(OC(=O)C(C)C)[C@H]2O. The first-order chi connectivity index (χ1) is 29.6. The molecule has 3 N–H and O–H groups in total. The Bertz CT molecular complexity index is 2230. The van der Waals surface area contributed by atoms with Crippen molar-refractivity contribution in [3.05, 3.63) is 35.5 Å². The first-order valence-electron chi connectivity index (χ1n) is 21.6. The number of ether oxygens (including phenoxy) is 9. The zero-order valence-electron chi connectivity index (χ0n) is 38.2. The standard InChI is InChI=1S/C45H58O19/c1-18(2)25(48)24-27-39(10,29(59-34(24)52)23-14-15-56-16-23)30(60-32(50)19(3)4)31(57-21(7)46)45-40(11)28(26(49)35(53)55-13)38(9)17-42(40)44(36(38)54,61-33(51)20(5)6)37(58-22(8)47)43(27,45)63-41(12,62-42)64-45/h14-16,18-20,26-31,36-37,48-49,54H,17H2,1-13H3/b25-24+/t26?,27-,28+,29+,30+,31-,36+,37+,38-,39-,40-,41-,42-,43-,44+,45+/m1/s1. The van der Waals surface area contributed by atoms with E-state index >= 15 is 4.79 Å². The van der Waals surface area contributed by atoms with E-state index in [1.807, 2.05) is 0 Å². The predicted molar refractivity (Wildman–Crippen MR) is 211 cm³/mol. The van der Waals surface area contributed by atoms with Gasteiger partial charge in [0.15, 0.2) is 35.6 Å². The molecule has 0 aromatic carbocycles. The summed E-state index contributed by atoms with van der Waals surface area (Å²) in [4.78, 5) is 85.7. The molecule has 19 nitrogen and oxygen atoms in total. The van der Waals surface area contributed by atoms with Gasteiger partial charge in [-0.25, -0.2) is 9.59 Å². The third kappa shape index (κ3) is 4.99. The summed E-state index contributed by atoms with van der Waals surface area (Å²) in [6, 6.07) is 1.49. The minimum absolute atomic E-state index is 0.199. The molecule has 4 heterocycles. The Morgan fingerprint density at radius 2 is 1.45 bits per heavy atom. The molecule has 1 aromatic rings. The van der Waals surface area contributed by atoms with Crippen LogP contribution < -0.4 is 0 Å². The van der Waals surface area contributed by atoms with Crippen molar-refractivity contribution in [3.8, 4) is 0 Å². The monoisotopic (exact) mass is 902 g/mol. The zero-order chi connectivity index (χ0) is 47.4. The summed E-state index contributed by atoms with van der Waals surface area (Å²) in [5.74, 6) is -14.9. The lowest BCUT2D eigenvalue weighted by Gasteiger charge is -2.78. The number of methoxy groups -OCH3 is 1. The second kappa shape index (κ2) is 14.0. The van der Waals surface area contributed by atoms with E-state index in [9.17, 15) is 39.3 Å². The molecular weight excluding hydrogens is 844 g/mol. The number of hydrogen-bond donors (Lipinski definition) is 3. The van der Waals surface area contributed by atoms with Crippen molar-refractivity contribution < 1.29 is 91.1 Å². The lowest BCUT2D eigenvalue weighted by atomic mass is 9.31. The first kappa shape index (κ1) is 46.0. The predicted octanol–water partition coefficient (Wildman–Crippen LogP) is 3.27. The summed E-state index contributed by atoms with van der Waals surface area (Å²) < 4.78 is 64.9. The van der Waals surface area contributed by atoms with Crippen molar-refractivity contribution in [1.82, 2.24) is 0 Å². The van der Waals surface area contributed by atoms with Crippen LogP contribution in [-0.4, -0.2) is 117 Å². The Hall–Kier alpha value is -4.56. The molecule has 1 unspecified atom stereocenters. The molecule has 7 aliphatic rings. The van der Waals surface area contributed by atoms with Gasteiger partial charge in [-0.15, -0.1) is 0 Å². The van der Waals surface area contributed by atoms with E-state index in [4.69, 9.17) is 47.0 Å². The van der Waals surface area contributed by atoms with Crippen LogP contribution in [-0.2, 0) is 71.4 Å². The molecule has 0 amide bonds. The van der Waals surface area contributed by atoms with Crippen LogP contribution in [0.5, 0.6) is 0 Å². The molecule has 8 rings (SSSR count). The van der Waals surface area contributed by atoms with Crippen LogP contribution in [0.2, 0.25) is 0 Å². The molecule has 2 spiro atoms. The van der Waals surface area contributed by atoms with E-state index in [0.29, 0.717) is 0 Å². The number of allylic oxidation sites excluding steroid dienone is 1. The highest BCUT2D eigenvalue weighted by molar-refractivity contribution is 5.92. The number of hydrogen-bond acceptors (Lipinski definition) is 19. The Balaban J connectivity index is 1.66. The van der Waals surface area contributed by atoms with Gasteiger partial charge < -0.3 is 62.4 Å². The number of aliphatic hydroxyl groups excluding tert-OH is 3. The third-order valence-electron chi connectivity index (χ3n) is 15.8. The maximum Gasteiger partial charge on any atom is 0.338 e. The lowest BCUT2D eigenvalue weighted by Crippen LogP contribution is -2.98. The van der Waals surface area contributed by atoms with Crippen LogP contribution in [0.1, 0.15) is 101 Å². The van der Waals surface area contributed by atoms with Gasteiger partial charge in [-0.2, -0.15) is 0 Å². The molecule has 1 aromatic heterocycles. The van der Waals surface area contributed by atoms with Gasteiger partial charge in [0.2, 0.25) is 5.60 Å². The lowest BCUT2D eigenvalue weighted by molar-refractivity contribution is -0.492. The topological polar surface area (TPSA) is 259 Å². The number of cyclic esters (lactones) is 1. The number of rotatable bonds is 10. The van der Waals surface area contributed by atoms with E-state index in [-0.39, 0.29) is 12.0 Å². The Morgan fingerprint density at radius 3 is 1.98 bits per heavy atom. The molecule has 7 fully saturated rings. The highest BCUT2D eigenvalue weighted by atomic mass is 16.9. The number of fused-ring (bicyclic) bond motifs is 3. The van der Waals surface area contributed by atoms with Crippen LogP contribution >= 0.6 is 0 Å². The quantitative estimate of drug-likeness (QED) is 0.132. The van der Waals surface area contributed by atoms with E-state index in [2.05, 4.69) is 0 Å². The van der Waals surface area contributed by atoms with Crippen LogP contribution in [0.25, 0.3) is 0 Å². The van der Waals surface area contributed by atoms with Gasteiger partial charge in [0.05, 0.1) is 42.5 Å². The van der Waals surface area contributed by atoms with Crippen molar-refractivity contribution in [2.75, 3.05) is 7.11 Å². The molecule has 3 aliphatic heterocycles. The highest BCUT2D eigenvalue weighted by Crippen LogP contribution is 2.90. The van der Waals surface area contributed by atoms with Crippen molar-refractivity contribution in [2.45, 2.75) is 155 Å². The Kier molecular flexibility index (Phi) is 10.0. The van der Waals surface area contributed by atoms with Crippen LogP contribution in [0.4, 0.5) is 0 Å². The molecule has 16 atom stereocenters. The number of carbonyl (C=O) groups excluding carboxylic acids is 6. The molecular formula is C45H58O19. The van der Waals surface area contributed by atoms with Gasteiger partial charge >= 0.3 is 35.8 Å². The maximum absolute atomic E-state index is 15.1. The summed E-state index contributed by atoms with van der Waals surface area (Å²) in [6.45, 7) is 17.4. The molecule has 3 saturated heterocycles. The molecule has 4 aliphatic carbocycles. The van der Waals surface area contributed by atoms with Gasteiger partial charge in [0.1, 0.15) is 23.6 Å². The van der Waals surface area contributed by atoms with Gasteiger partial charge in [0, 0.05) is 54.9 Å². The van der Waals surface area contributed by atoms with Crippen molar-refractivity contribution in [2.24, 2.45) is 45.8 Å². The molecule has 4 bridgehead atoms. The van der Waals surface area contributed by atoms with Gasteiger partial charge in [-0.3, -0.25) is 19.2 Å². The van der Waals surface area contributed by atoms with Gasteiger partial charge in [-0.1, -0.05) is 62.3 Å². The number of carbonyl (C=O) groups is 6. The minimum Gasteiger partial charge on any atom is -0.511 e. The zero-order valence-corrected chi connectivity index (χ0v) is 38.2. The average Bonchev–Trinajstić information content (AvgIpc) is 3.90. The fourth-order valence-electron chi connectivity index (χ4n) is 13.9. The third-order valence-corrected chi connectivity index (χ3v) is 15.8. The number of furan rings is 1. The molecule has 64 heavy (non-hydrogen) atoms. The van der Waals surface area contributed by atoms with Crippen LogP contribution in [0.15, 0.2) is 34.3 Å². The number of esters is 6. The second-order valence-electron chi connectivity index (χ2n) is 20.3. The average molecular weight is 903 g/mol. The van der Waals surface area contributed by atoms with E-state index in [1.54, 1.807) is 34.6 Å². The van der Waals surface area contributed by atoms with E-state index < -0.39 is 158 Å². The fourth-order valence-corrected chi connectivity index (χ4v) is 13.9. The molecule has 0 radical (unpaired) electrons. The summed E-state index contributed by atoms with van der Waals surface area (Å²) in [5.41, 5.74) is -16.4. The van der Waals surface area contributed by atoms with Gasteiger partial charge in [0.25, 0.3) is 5.97 Å². The largest absolute Gasteiger partial charge is 0.511 e. The smallest absolute Gasteiger partial charge is 0.338 e. The van der Waals surface area contributed by atoms with Crippen LogP contribution in [0.3, 0.4) is 0 Å². The summed E-state index contributed by atoms with van der Waals surface area (Å²) in [7, 11) is 1.05. The van der Waals surface area contributed by atoms with E-state index in [0.717, 1.165) is 21.0 Å². The van der Waals surface area contributed by atoms with Crippen molar-refractivity contribution in [1.29, 1.82) is 0 Å². The summed E-state index contributed by atoms with van der Waals surface area (Å²) >= 11 is 0. The minimum atomic E-state index is -2.70. The molecule has 19 heteroatoms. The van der Waals surface area contributed by atoms with Crippen LogP contribution in [0, 0.1) is 45.8 Å². The second-order valence-corrected chi connectivity index (χ2v) is 20.3. The fraction of sp³-hybridized carbons (Fsp3) is 0.733. The Labute approximate surface area is 369 Å². The Morgan fingerprint density at radius 1 is 0.828 bits per heavy atom. The van der Waals surface area contributed by atoms with E-state index in [1.165, 1.54) is 53.2 Å². The molecule has 4 saturated carbocycles. The van der Waals surface area contributed by atoms with Crippen molar-refractivity contribution >= 4 is 35.8 Å². The first-order valence-corrected chi connectivity index (χ1v) is 21.6. The van der Waals surface area contributed by atoms with Gasteiger partial charge in [-0.05, 0) is 12.5 Å². The maximum atomic E-state index is 15.1.